The number of carbonyl (C=O) groups is 2. The van der Waals surface area contributed by atoms with Crippen LogP contribution in [0.15, 0.2) is 12.2 Å². The fourth-order valence-corrected chi connectivity index (χ4v) is 3.92. The first kappa shape index (κ1) is 14.5. The number of fused-ring (bicyclic) bond motifs is 2. The normalized spacial score (nSPS) is 41.5. The number of rotatable bonds is 3. The molecule has 3 rings (SSSR count). The molecule has 1 aliphatic heterocycles. The molecular weight excluding hydrogens is 274 g/mol. The Morgan fingerprint density at radius 3 is 2.57 bits per heavy atom. The number of carboxylic acids is 1. The van der Waals surface area contributed by atoms with E-state index in [2.05, 4.69) is 0 Å². The molecule has 1 saturated carbocycles. The number of nitrogens with zero attached hydrogens (tertiary/aromatic N) is 1. The highest BCUT2D eigenvalue weighted by molar-refractivity contribution is 5.87. The van der Waals surface area contributed by atoms with Crippen LogP contribution in [-0.4, -0.2) is 58.9 Å². The lowest BCUT2D eigenvalue weighted by molar-refractivity contribution is -0.158. The fourth-order valence-electron chi connectivity index (χ4n) is 3.92. The molecule has 3 aliphatic rings. The van der Waals surface area contributed by atoms with Crippen LogP contribution < -0.4 is 0 Å². The van der Waals surface area contributed by atoms with Crippen LogP contribution >= 0.6 is 0 Å². The third-order valence-electron chi connectivity index (χ3n) is 5.02. The van der Waals surface area contributed by atoms with Crippen LogP contribution in [0, 0.1) is 23.7 Å². The molecule has 6 nitrogen and oxygen atoms in total. The van der Waals surface area contributed by atoms with Crippen LogP contribution in [0.1, 0.15) is 13.3 Å². The maximum absolute atomic E-state index is 12.9. The van der Waals surface area contributed by atoms with Crippen molar-refractivity contribution in [1.29, 1.82) is 0 Å². The number of allylic oxidation sites excluding steroid dienone is 2. The molecule has 1 heterocycles. The van der Waals surface area contributed by atoms with Gasteiger partial charge >= 0.3 is 5.97 Å². The summed E-state index contributed by atoms with van der Waals surface area (Å²) in [5.74, 6) is -2.07. The van der Waals surface area contributed by atoms with Crippen molar-refractivity contribution in [2.45, 2.75) is 25.5 Å². The highest BCUT2D eigenvalue weighted by Gasteiger charge is 2.53. The Bertz CT molecular complexity index is 477. The lowest BCUT2D eigenvalue weighted by Crippen LogP contribution is -2.55. The minimum Gasteiger partial charge on any atom is -0.481 e. The summed E-state index contributed by atoms with van der Waals surface area (Å²) in [5.41, 5.74) is 0. The van der Waals surface area contributed by atoms with Crippen molar-refractivity contribution in [3.8, 4) is 0 Å². The van der Waals surface area contributed by atoms with Crippen molar-refractivity contribution < 1.29 is 24.5 Å². The number of carbonyl (C=O) groups excluding carboxylic acids is 1. The second kappa shape index (κ2) is 5.42. The van der Waals surface area contributed by atoms with E-state index in [1.54, 1.807) is 4.90 Å². The van der Waals surface area contributed by atoms with Crippen LogP contribution in [-0.2, 0) is 14.3 Å². The second-order valence-electron chi connectivity index (χ2n) is 6.32. The van der Waals surface area contributed by atoms with Gasteiger partial charge in [0.15, 0.2) is 0 Å². The van der Waals surface area contributed by atoms with E-state index in [0.717, 1.165) is 6.42 Å². The fraction of sp³-hybridized carbons (Fsp3) is 0.733. The molecule has 0 radical (unpaired) electrons. The van der Waals surface area contributed by atoms with Gasteiger partial charge in [0.1, 0.15) is 0 Å². The summed E-state index contributed by atoms with van der Waals surface area (Å²) in [7, 11) is 0. The third kappa shape index (κ3) is 2.36. The second-order valence-corrected chi connectivity index (χ2v) is 6.32. The largest absolute Gasteiger partial charge is 0.481 e. The highest BCUT2D eigenvalue weighted by atomic mass is 16.5. The number of hydrogen-bond acceptors (Lipinski definition) is 4. The van der Waals surface area contributed by atoms with Crippen LogP contribution in [0.4, 0.5) is 0 Å². The summed E-state index contributed by atoms with van der Waals surface area (Å²) in [6.45, 7) is 2.48. The number of amides is 1. The van der Waals surface area contributed by atoms with Gasteiger partial charge in [-0.25, -0.2) is 0 Å². The molecule has 21 heavy (non-hydrogen) atoms. The maximum Gasteiger partial charge on any atom is 0.307 e. The summed E-state index contributed by atoms with van der Waals surface area (Å²) in [5, 5.41) is 18.7. The van der Waals surface area contributed by atoms with Crippen molar-refractivity contribution in [1.82, 2.24) is 4.90 Å². The Kier molecular flexibility index (Phi) is 3.75. The predicted molar refractivity (Wildman–Crippen MR) is 73.4 cm³/mol. The first-order valence-electron chi connectivity index (χ1n) is 7.47. The number of carboxylic acid groups (broad SMARTS) is 1. The minimum atomic E-state index is -0.884. The summed E-state index contributed by atoms with van der Waals surface area (Å²) in [6, 6.07) is -0.0853. The van der Waals surface area contributed by atoms with Crippen LogP contribution in [0.2, 0.25) is 0 Å². The molecular formula is C15H21NO5. The van der Waals surface area contributed by atoms with Gasteiger partial charge in [-0.1, -0.05) is 12.2 Å². The topological polar surface area (TPSA) is 87.1 Å². The van der Waals surface area contributed by atoms with Crippen molar-refractivity contribution in [3.63, 3.8) is 0 Å². The average molecular weight is 295 g/mol. The van der Waals surface area contributed by atoms with Gasteiger partial charge in [0, 0.05) is 6.54 Å². The summed E-state index contributed by atoms with van der Waals surface area (Å²) in [4.78, 5) is 26.1. The molecule has 2 bridgehead atoms. The molecule has 1 saturated heterocycles. The zero-order chi connectivity index (χ0) is 15.1. The van der Waals surface area contributed by atoms with E-state index >= 15 is 0 Å². The Morgan fingerprint density at radius 2 is 1.95 bits per heavy atom. The molecule has 0 aromatic carbocycles. The van der Waals surface area contributed by atoms with Crippen molar-refractivity contribution >= 4 is 11.9 Å². The van der Waals surface area contributed by atoms with Crippen LogP contribution in [0.25, 0.3) is 0 Å². The van der Waals surface area contributed by atoms with Crippen LogP contribution in [0.3, 0.4) is 0 Å². The average Bonchev–Trinajstić information content (AvgIpc) is 3.07. The highest BCUT2D eigenvalue weighted by Crippen LogP contribution is 2.49. The molecule has 6 atom stereocenters. The SMILES string of the molecule is CC1COC(CO)CN1C(=O)C1C2C=CC(C2)C1C(=O)O. The van der Waals surface area contributed by atoms with E-state index in [1.807, 2.05) is 19.1 Å². The number of aliphatic hydroxyl groups excluding tert-OH is 1. The van der Waals surface area contributed by atoms with E-state index in [4.69, 9.17) is 4.74 Å². The molecule has 2 N–H and O–H groups in total. The molecule has 0 aromatic heterocycles. The van der Waals surface area contributed by atoms with E-state index in [0.29, 0.717) is 13.2 Å². The molecule has 6 unspecified atom stereocenters. The van der Waals surface area contributed by atoms with Gasteiger partial charge in [-0.05, 0) is 25.2 Å². The van der Waals surface area contributed by atoms with Crippen LogP contribution in [0.5, 0.6) is 0 Å². The molecule has 1 amide bonds. The summed E-state index contributed by atoms with van der Waals surface area (Å²) < 4.78 is 5.44. The van der Waals surface area contributed by atoms with Gasteiger partial charge in [-0.15, -0.1) is 0 Å². The zero-order valence-corrected chi connectivity index (χ0v) is 12.0. The third-order valence-corrected chi connectivity index (χ3v) is 5.02. The Balaban J connectivity index is 1.80. The number of morpholine rings is 1. The number of aliphatic carboxylic acids is 1. The van der Waals surface area contributed by atoms with E-state index in [9.17, 15) is 19.8 Å². The summed E-state index contributed by atoms with van der Waals surface area (Å²) >= 11 is 0. The summed E-state index contributed by atoms with van der Waals surface area (Å²) in [6.07, 6.45) is 4.31. The Labute approximate surface area is 123 Å². The van der Waals surface area contributed by atoms with E-state index in [1.165, 1.54) is 0 Å². The molecule has 2 aliphatic carbocycles. The smallest absolute Gasteiger partial charge is 0.307 e. The van der Waals surface area contributed by atoms with E-state index < -0.39 is 17.8 Å². The zero-order valence-electron chi connectivity index (χ0n) is 12.0. The van der Waals surface area contributed by atoms with E-state index in [-0.39, 0.29) is 36.5 Å². The molecule has 0 spiro atoms. The van der Waals surface area contributed by atoms with Gasteiger partial charge < -0.3 is 19.8 Å². The molecule has 116 valence electrons. The molecule has 6 heteroatoms. The maximum atomic E-state index is 12.9. The minimum absolute atomic E-state index is 0.0218. The number of ether oxygens (including phenoxy) is 1. The Hall–Kier alpha value is -1.40. The molecule has 0 aromatic rings. The lowest BCUT2D eigenvalue weighted by atomic mass is 9.81. The van der Waals surface area contributed by atoms with Crippen molar-refractivity contribution in [2.75, 3.05) is 19.8 Å². The van der Waals surface area contributed by atoms with Gasteiger partial charge in [0.05, 0.1) is 37.2 Å². The van der Waals surface area contributed by atoms with Crippen molar-refractivity contribution in [3.05, 3.63) is 12.2 Å². The Morgan fingerprint density at radius 1 is 1.29 bits per heavy atom. The quantitative estimate of drug-likeness (QED) is 0.722. The van der Waals surface area contributed by atoms with Gasteiger partial charge in [-0.2, -0.15) is 0 Å². The number of hydrogen-bond donors (Lipinski definition) is 2. The first-order valence-corrected chi connectivity index (χ1v) is 7.47. The standard InChI is InChI=1S/C15H21NO5/c1-8-7-21-11(6-17)5-16(8)14(18)12-9-2-3-10(4-9)13(12)15(19)20/h2-3,8-13,17H,4-7H2,1H3,(H,19,20). The molecule has 2 fully saturated rings. The monoisotopic (exact) mass is 295 g/mol. The first-order chi connectivity index (χ1) is 10.0. The predicted octanol–water partition coefficient (Wildman–Crippen LogP) is 0.117. The van der Waals surface area contributed by atoms with Gasteiger partial charge in [0.2, 0.25) is 5.91 Å². The van der Waals surface area contributed by atoms with Gasteiger partial charge in [0.25, 0.3) is 0 Å². The lowest BCUT2D eigenvalue weighted by Gasteiger charge is -2.40. The number of aliphatic hydroxyl groups is 1. The van der Waals surface area contributed by atoms with Crippen molar-refractivity contribution in [2.24, 2.45) is 23.7 Å². The van der Waals surface area contributed by atoms with Gasteiger partial charge in [-0.3, -0.25) is 9.59 Å².